The third-order valence-corrected chi connectivity index (χ3v) is 3.15. The summed E-state index contributed by atoms with van der Waals surface area (Å²) in [4.78, 5) is 16.5. The normalized spacial score (nSPS) is 10.6. The molecule has 0 aromatic carbocycles. The molecule has 0 aliphatic heterocycles. The van der Waals surface area contributed by atoms with Crippen LogP contribution in [0.15, 0.2) is 28.9 Å². The topological polar surface area (TPSA) is 72.4 Å². The number of nitro groups is 1. The molecule has 2 aromatic rings. The number of anilines is 1. The van der Waals surface area contributed by atoms with Crippen LogP contribution in [0.2, 0.25) is 5.15 Å². The number of nitrogens with zero attached hydrogens (tertiary/aromatic N) is 3. The summed E-state index contributed by atoms with van der Waals surface area (Å²) in [7, 11) is 0. The zero-order valence-corrected chi connectivity index (χ0v) is 11.9. The fourth-order valence-electron chi connectivity index (χ4n) is 1.98. The summed E-state index contributed by atoms with van der Waals surface area (Å²) >= 11 is 5.91. The van der Waals surface area contributed by atoms with E-state index in [0.29, 0.717) is 24.5 Å². The highest BCUT2D eigenvalue weighted by molar-refractivity contribution is 6.32. The van der Waals surface area contributed by atoms with Gasteiger partial charge in [0.15, 0.2) is 0 Å². The lowest BCUT2D eigenvalue weighted by molar-refractivity contribution is -0.384. The van der Waals surface area contributed by atoms with Crippen LogP contribution >= 0.6 is 11.6 Å². The van der Waals surface area contributed by atoms with Crippen molar-refractivity contribution in [3.8, 4) is 0 Å². The Morgan fingerprint density at radius 2 is 2.30 bits per heavy atom. The first-order valence-electron chi connectivity index (χ1n) is 6.11. The summed E-state index contributed by atoms with van der Waals surface area (Å²) in [6.07, 6.45) is 1.57. The van der Waals surface area contributed by atoms with E-state index in [4.69, 9.17) is 16.0 Å². The summed E-state index contributed by atoms with van der Waals surface area (Å²) in [5, 5.41) is 11.1. The highest BCUT2D eigenvalue weighted by atomic mass is 35.5. The van der Waals surface area contributed by atoms with Gasteiger partial charge in [-0.15, -0.1) is 0 Å². The molecule has 106 valence electrons. The molecule has 6 nitrogen and oxygen atoms in total. The highest BCUT2D eigenvalue weighted by Crippen LogP contribution is 2.35. The van der Waals surface area contributed by atoms with E-state index in [1.807, 2.05) is 17.9 Å². The van der Waals surface area contributed by atoms with Gasteiger partial charge >= 0.3 is 5.69 Å². The maximum Gasteiger partial charge on any atom is 0.329 e. The third-order valence-electron chi connectivity index (χ3n) is 2.89. The molecule has 2 rings (SSSR count). The van der Waals surface area contributed by atoms with E-state index in [1.54, 1.807) is 25.3 Å². The van der Waals surface area contributed by atoms with Gasteiger partial charge < -0.3 is 9.32 Å². The van der Waals surface area contributed by atoms with E-state index in [2.05, 4.69) is 4.98 Å². The number of hydrogen-bond acceptors (Lipinski definition) is 5. The van der Waals surface area contributed by atoms with E-state index in [0.717, 1.165) is 5.76 Å². The Balaban J connectivity index is 2.45. The zero-order valence-electron chi connectivity index (χ0n) is 11.2. The third kappa shape index (κ3) is 2.91. The molecule has 20 heavy (non-hydrogen) atoms. The molecule has 0 atom stereocenters. The number of furan rings is 1. The number of halogens is 1. The van der Waals surface area contributed by atoms with E-state index in [9.17, 15) is 10.1 Å². The average molecular weight is 296 g/mol. The molecule has 0 fully saturated rings. The van der Waals surface area contributed by atoms with Crippen molar-refractivity contribution in [3.63, 3.8) is 0 Å². The molecule has 2 heterocycles. The van der Waals surface area contributed by atoms with Gasteiger partial charge in [-0.05, 0) is 32.0 Å². The van der Waals surface area contributed by atoms with Crippen molar-refractivity contribution < 1.29 is 9.34 Å². The summed E-state index contributed by atoms with van der Waals surface area (Å²) in [6, 6.07) is 5.27. The molecule has 7 heteroatoms. The van der Waals surface area contributed by atoms with Gasteiger partial charge in [0.1, 0.15) is 11.4 Å². The van der Waals surface area contributed by atoms with Gasteiger partial charge in [0, 0.05) is 12.2 Å². The van der Waals surface area contributed by atoms with Crippen molar-refractivity contribution in [3.05, 3.63) is 51.2 Å². The van der Waals surface area contributed by atoms with Gasteiger partial charge in [0.25, 0.3) is 0 Å². The standard InChI is InChI=1S/C13H14ClN3O3/c1-3-16(8-10-5-4-6-20-10)11-7-9(2)15-13(14)12(11)17(18)19/h4-7H,3,8H2,1-2H3. The fourth-order valence-corrected chi connectivity index (χ4v) is 2.28. The predicted molar refractivity (Wildman–Crippen MR) is 76.1 cm³/mol. The minimum atomic E-state index is -0.505. The molecule has 0 unspecified atom stereocenters. The van der Waals surface area contributed by atoms with E-state index in [-0.39, 0.29) is 10.8 Å². The largest absolute Gasteiger partial charge is 0.467 e. The van der Waals surface area contributed by atoms with Crippen LogP contribution in [0.1, 0.15) is 18.4 Å². The van der Waals surface area contributed by atoms with Gasteiger partial charge in [-0.25, -0.2) is 4.98 Å². The second-order valence-corrected chi connectivity index (χ2v) is 4.63. The zero-order chi connectivity index (χ0) is 14.7. The van der Waals surface area contributed by atoms with Crippen molar-refractivity contribution in [2.45, 2.75) is 20.4 Å². The molecule has 0 bridgehead atoms. The summed E-state index contributed by atoms with van der Waals surface area (Å²) in [6.45, 7) is 4.68. The van der Waals surface area contributed by atoms with Crippen LogP contribution in [-0.2, 0) is 6.54 Å². The van der Waals surface area contributed by atoms with E-state index in [1.165, 1.54) is 0 Å². The summed E-state index contributed by atoms with van der Waals surface area (Å²) < 4.78 is 5.29. The Bertz CT molecular complexity index is 614. The molecule has 0 aliphatic rings. The highest BCUT2D eigenvalue weighted by Gasteiger charge is 2.25. The van der Waals surface area contributed by atoms with Gasteiger partial charge in [0.05, 0.1) is 17.7 Å². The van der Waals surface area contributed by atoms with Gasteiger partial charge in [-0.3, -0.25) is 10.1 Å². The minimum Gasteiger partial charge on any atom is -0.467 e. The molecule has 0 radical (unpaired) electrons. The smallest absolute Gasteiger partial charge is 0.329 e. The quantitative estimate of drug-likeness (QED) is 0.479. The van der Waals surface area contributed by atoms with Crippen LogP contribution in [0.25, 0.3) is 0 Å². The number of aromatic nitrogens is 1. The van der Waals surface area contributed by atoms with Crippen LogP contribution in [-0.4, -0.2) is 16.5 Å². The molecular weight excluding hydrogens is 282 g/mol. The maximum atomic E-state index is 11.2. The average Bonchev–Trinajstić information content (AvgIpc) is 2.87. The monoisotopic (exact) mass is 295 g/mol. The lowest BCUT2D eigenvalue weighted by atomic mass is 10.2. The van der Waals surface area contributed by atoms with Crippen molar-refractivity contribution in [1.82, 2.24) is 4.98 Å². The second-order valence-electron chi connectivity index (χ2n) is 4.27. The Morgan fingerprint density at radius 3 is 2.85 bits per heavy atom. The number of hydrogen-bond donors (Lipinski definition) is 0. The van der Waals surface area contributed by atoms with Crippen LogP contribution in [0.3, 0.4) is 0 Å². The summed E-state index contributed by atoms with van der Waals surface area (Å²) in [5.74, 6) is 0.728. The minimum absolute atomic E-state index is 0.0945. The molecule has 0 N–H and O–H groups in total. The molecule has 2 aromatic heterocycles. The van der Waals surface area contributed by atoms with Crippen molar-refractivity contribution >= 4 is 23.0 Å². The first kappa shape index (κ1) is 14.3. The van der Waals surface area contributed by atoms with Crippen molar-refractivity contribution in [2.24, 2.45) is 0 Å². The van der Waals surface area contributed by atoms with E-state index >= 15 is 0 Å². The maximum absolute atomic E-state index is 11.2. The Hall–Kier alpha value is -2.08. The predicted octanol–water partition coefficient (Wildman–Crippen LogP) is 3.57. The lowest BCUT2D eigenvalue weighted by Gasteiger charge is -2.22. The van der Waals surface area contributed by atoms with E-state index < -0.39 is 4.92 Å². The Morgan fingerprint density at radius 1 is 1.55 bits per heavy atom. The van der Waals surface area contributed by atoms with Gasteiger partial charge in [-0.2, -0.15) is 0 Å². The Kier molecular flexibility index (Phi) is 4.24. The SMILES string of the molecule is CCN(Cc1ccco1)c1cc(C)nc(Cl)c1[N+](=O)[O-]. The van der Waals surface area contributed by atoms with Gasteiger partial charge in [-0.1, -0.05) is 11.6 Å². The van der Waals surface area contributed by atoms with Crippen LogP contribution < -0.4 is 4.90 Å². The fraction of sp³-hybridized carbons (Fsp3) is 0.308. The number of pyridine rings is 1. The first-order valence-corrected chi connectivity index (χ1v) is 6.49. The van der Waals surface area contributed by atoms with Gasteiger partial charge in [0.2, 0.25) is 5.15 Å². The summed E-state index contributed by atoms with van der Waals surface area (Å²) in [5.41, 5.74) is 0.908. The molecule has 0 saturated heterocycles. The van der Waals surface area contributed by atoms with Crippen LogP contribution in [0, 0.1) is 17.0 Å². The lowest BCUT2D eigenvalue weighted by Crippen LogP contribution is -2.23. The molecular formula is C13H14ClN3O3. The van der Waals surface area contributed by atoms with Crippen LogP contribution in [0.5, 0.6) is 0 Å². The second kappa shape index (κ2) is 5.92. The van der Waals surface area contributed by atoms with Crippen LogP contribution in [0.4, 0.5) is 11.4 Å². The molecule has 0 aliphatic carbocycles. The molecule has 0 saturated carbocycles. The number of rotatable bonds is 5. The van der Waals surface area contributed by atoms with Crippen molar-refractivity contribution in [1.29, 1.82) is 0 Å². The van der Waals surface area contributed by atoms with Crippen molar-refractivity contribution in [2.75, 3.05) is 11.4 Å². The molecule has 0 amide bonds. The molecule has 0 spiro atoms. The first-order chi connectivity index (χ1) is 9.52. The number of aryl methyl sites for hydroxylation is 1. The Labute approximate surface area is 121 Å².